The third-order valence-corrected chi connectivity index (χ3v) is 6.74. The Bertz CT molecular complexity index is 863. The molecular weight excluding hydrogens is 424 g/mol. The fourth-order valence-electron chi connectivity index (χ4n) is 3.20. The van der Waals surface area contributed by atoms with Crippen LogP contribution in [0.4, 0.5) is 11.4 Å². The zero-order chi connectivity index (χ0) is 21.3. The van der Waals surface area contributed by atoms with Crippen molar-refractivity contribution in [1.29, 1.82) is 0 Å². The lowest BCUT2D eigenvalue weighted by atomic mass is 10.2. The standard InChI is InChI=1S/C20H26N4O4S2/c21-30(27)18-6-7-19(20(14-18)24(25)26)22-16(8-9-23-10-12-28-13-11-23)15-29-17-4-2-1-3-5-17/h1-7,14,16,22H,8-13,15,21H2. The molecule has 2 aromatic carbocycles. The number of anilines is 1. The van der Waals surface area contributed by atoms with Crippen molar-refractivity contribution in [3.8, 4) is 0 Å². The summed E-state index contributed by atoms with van der Waals surface area (Å²) in [5, 5.41) is 20.3. The topological polar surface area (TPSA) is 111 Å². The van der Waals surface area contributed by atoms with Crippen molar-refractivity contribution in [1.82, 2.24) is 4.90 Å². The predicted octanol–water partition coefficient (Wildman–Crippen LogP) is 2.87. The lowest BCUT2D eigenvalue weighted by Crippen LogP contribution is -2.39. The molecule has 30 heavy (non-hydrogen) atoms. The Morgan fingerprint density at radius 3 is 2.63 bits per heavy atom. The van der Waals surface area contributed by atoms with Crippen LogP contribution in [0.15, 0.2) is 58.3 Å². The number of hydrogen-bond donors (Lipinski definition) is 2. The summed E-state index contributed by atoms with van der Waals surface area (Å²) < 4.78 is 16.9. The molecule has 1 aliphatic rings. The van der Waals surface area contributed by atoms with Gasteiger partial charge in [-0.2, -0.15) is 0 Å². The molecule has 162 valence electrons. The van der Waals surface area contributed by atoms with Crippen molar-refractivity contribution >= 4 is 34.1 Å². The van der Waals surface area contributed by atoms with Crippen LogP contribution in [0.1, 0.15) is 6.42 Å². The van der Waals surface area contributed by atoms with E-state index in [0.29, 0.717) is 5.69 Å². The number of morpholine rings is 1. The Kier molecular flexibility index (Phi) is 8.64. The SMILES string of the molecule is NS(=O)c1ccc(NC(CCN2CCOCC2)CSc2ccccc2)c([N+](=O)[O-])c1. The molecule has 0 radical (unpaired) electrons. The van der Waals surface area contributed by atoms with Gasteiger partial charge in [0.25, 0.3) is 5.69 Å². The second-order valence-electron chi connectivity index (χ2n) is 6.94. The van der Waals surface area contributed by atoms with E-state index in [2.05, 4.69) is 22.3 Å². The largest absolute Gasteiger partial charge is 0.379 e. The minimum Gasteiger partial charge on any atom is -0.379 e. The molecule has 10 heteroatoms. The molecular formula is C20H26N4O4S2. The summed E-state index contributed by atoms with van der Waals surface area (Å²) in [6.45, 7) is 4.15. The van der Waals surface area contributed by atoms with Crippen LogP contribution in [-0.2, 0) is 15.7 Å². The highest BCUT2D eigenvalue weighted by Crippen LogP contribution is 2.29. The molecule has 2 aromatic rings. The van der Waals surface area contributed by atoms with Gasteiger partial charge in [0.15, 0.2) is 0 Å². The molecule has 3 N–H and O–H groups in total. The van der Waals surface area contributed by atoms with E-state index in [9.17, 15) is 14.3 Å². The van der Waals surface area contributed by atoms with Crippen molar-refractivity contribution in [2.24, 2.45) is 5.14 Å². The first kappa shape index (κ1) is 22.7. The average molecular weight is 451 g/mol. The first-order valence-electron chi connectivity index (χ1n) is 9.72. The smallest absolute Gasteiger partial charge is 0.293 e. The summed E-state index contributed by atoms with van der Waals surface area (Å²) in [7, 11) is -1.77. The maximum atomic E-state index is 11.6. The van der Waals surface area contributed by atoms with E-state index < -0.39 is 15.9 Å². The first-order chi connectivity index (χ1) is 14.5. The van der Waals surface area contributed by atoms with E-state index in [4.69, 9.17) is 9.88 Å². The maximum Gasteiger partial charge on any atom is 0.293 e. The quantitative estimate of drug-likeness (QED) is 0.325. The number of nitrogens with two attached hydrogens (primary N) is 1. The second kappa shape index (κ2) is 11.4. The number of ether oxygens (including phenoxy) is 1. The van der Waals surface area contributed by atoms with E-state index in [-0.39, 0.29) is 16.6 Å². The number of benzene rings is 2. The zero-order valence-electron chi connectivity index (χ0n) is 16.6. The molecule has 1 heterocycles. The molecule has 1 fully saturated rings. The molecule has 0 bridgehead atoms. The summed E-state index contributed by atoms with van der Waals surface area (Å²) in [5.41, 5.74) is 0.294. The van der Waals surface area contributed by atoms with Crippen molar-refractivity contribution in [3.05, 3.63) is 58.6 Å². The van der Waals surface area contributed by atoms with Crippen LogP contribution in [0.2, 0.25) is 0 Å². The monoisotopic (exact) mass is 450 g/mol. The minimum atomic E-state index is -1.77. The van der Waals surface area contributed by atoms with Gasteiger partial charge < -0.3 is 10.1 Å². The Hall–Kier alpha value is -1.98. The van der Waals surface area contributed by atoms with Crippen molar-refractivity contribution in [2.45, 2.75) is 22.3 Å². The minimum absolute atomic E-state index is 0.0194. The number of nitro groups is 1. The van der Waals surface area contributed by atoms with Gasteiger partial charge in [-0.05, 0) is 30.7 Å². The van der Waals surface area contributed by atoms with Gasteiger partial charge in [-0.3, -0.25) is 15.0 Å². The summed E-state index contributed by atoms with van der Waals surface area (Å²) in [6.07, 6.45) is 0.835. The Morgan fingerprint density at radius 1 is 1.23 bits per heavy atom. The van der Waals surface area contributed by atoms with Crippen LogP contribution in [0, 0.1) is 10.1 Å². The van der Waals surface area contributed by atoms with E-state index in [0.717, 1.165) is 49.9 Å². The van der Waals surface area contributed by atoms with E-state index in [1.807, 2.05) is 18.2 Å². The molecule has 0 saturated carbocycles. The van der Waals surface area contributed by atoms with Gasteiger partial charge in [0.05, 0.1) is 23.0 Å². The molecule has 1 saturated heterocycles. The lowest BCUT2D eigenvalue weighted by molar-refractivity contribution is -0.384. The third-order valence-electron chi connectivity index (χ3n) is 4.85. The number of rotatable bonds is 10. The van der Waals surface area contributed by atoms with Gasteiger partial charge in [0, 0.05) is 42.4 Å². The molecule has 3 rings (SSSR count). The van der Waals surface area contributed by atoms with Gasteiger partial charge in [-0.15, -0.1) is 11.8 Å². The molecule has 8 nitrogen and oxygen atoms in total. The second-order valence-corrected chi connectivity index (χ2v) is 9.10. The lowest BCUT2D eigenvalue weighted by Gasteiger charge is -2.29. The first-order valence-corrected chi connectivity index (χ1v) is 11.9. The van der Waals surface area contributed by atoms with Gasteiger partial charge in [0.2, 0.25) is 0 Å². The van der Waals surface area contributed by atoms with Crippen LogP contribution >= 0.6 is 11.8 Å². The molecule has 2 unspecified atom stereocenters. The molecule has 0 amide bonds. The van der Waals surface area contributed by atoms with Crippen molar-refractivity contribution in [3.63, 3.8) is 0 Å². The van der Waals surface area contributed by atoms with Crippen molar-refractivity contribution < 1.29 is 13.9 Å². The molecule has 1 aliphatic heterocycles. The molecule has 0 spiro atoms. The van der Waals surface area contributed by atoms with Gasteiger partial charge in [0.1, 0.15) is 16.7 Å². The zero-order valence-corrected chi connectivity index (χ0v) is 18.2. The highest BCUT2D eigenvalue weighted by Gasteiger charge is 2.20. The van der Waals surface area contributed by atoms with Crippen molar-refractivity contribution in [2.75, 3.05) is 43.9 Å². The Morgan fingerprint density at radius 2 is 1.97 bits per heavy atom. The number of nitrogens with zero attached hydrogens (tertiary/aromatic N) is 2. The number of nitro benzene ring substituents is 1. The highest BCUT2D eigenvalue weighted by molar-refractivity contribution is 7.99. The van der Waals surface area contributed by atoms with Crippen LogP contribution < -0.4 is 10.5 Å². The van der Waals surface area contributed by atoms with Crippen LogP contribution in [0.5, 0.6) is 0 Å². The molecule has 0 aromatic heterocycles. The highest BCUT2D eigenvalue weighted by atomic mass is 32.2. The Balaban J connectivity index is 1.73. The summed E-state index contributed by atoms with van der Waals surface area (Å²) in [6, 6.07) is 14.5. The van der Waals surface area contributed by atoms with Crippen LogP contribution in [0.3, 0.4) is 0 Å². The summed E-state index contributed by atoms with van der Waals surface area (Å²) in [5.74, 6) is 0.760. The predicted molar refractivity (Wildman–Crippen MR) is 120 cm³/mol. The fraction of sp³-hybridized carbons (Fsp3) is 0.400. The van der Waals surface area contributed by atoms with Gasteiger partial charge in [-0.25, -0.2) is 9.35 Å². The van der Waals surface area contributed by atoms with Gasteiger partial charge >= 0.3 is 0 Å². The maximum absolute atomic E-state index is 11.6. The van der Waals surface area contributed by atoms with Gasteiger partial charge in [-0.1, -0.05) is 18.2 Å². The van der Waals surface area contributed by atoms with Crippen LogP contribution in [-0.4, -0.2) is 58.7 Å². The van der Waals surface area contributed by atoms with Crippen LogP contribution in [0.25, 0.3) is 0 Å². The molecule has 0 aliphatic carbocycles. The number of thioether (sulfide) groups is 1. The van der Waals surface area contributed by atoms with E-state index >= 15 is 0 Å². The number of nitrogens with one attached hydrogen (secondary N) is 1. The molecule has 2 atom stereocenters. The fourth-order valence-corrected chi connectivity index (χ4v) is 4.63. The third kappa shape index (κ3) is 6.78. The van der Waals surface area contributed by atoms with E-state index in [1.165, 1.54) is 6.07 Å². The number of hydrogen-bond acceptors (Lipinski definition) is 7. The summed E-state index contributed by atoms with van der Waals surface area (Å²) in [4.78, 5) is 14.8. The Labute approximate surface area is 182 Å². The van der Waals surface area contributed by atoms with E-state index in [1.54, 1.807) is 23.9 Å². The normalized spacial score (nSPS) is 16.7. The summed E-state index contributed by atoms with van der Waals surface area (Å²) >= 11 is 1.71. The average Bonchev–Trinajstić information content (AvgIpc) is 2.77.